The molecule has 0 aromatic carbocycles. The molecule has 1 saturated heterocycles. The van der Waals surface area contributed by atoms with Gasteiger partial charge in [-0.3, -0.25) is 0 Å². The van der Waals surface area contributed by atoms with Gasteiger partial charge in [-0.1, -0.05) is 13.8 Å². The zero-order valence-corrected chi connectivity index (χ0v) is 13.1. The number of nitrogens with two attached hydrogens (primary N) is 1. The molecule has 0 saturated carbocycles. The van der Waals surface area contributed by atoms with Gasteiger partial charge in [0.15, 0.2) is 0 Å². The van der Waals surface area contributed by atoms with Crippen molar-refractivity contribution in [1.82, 2.24) is 9.97 Å². The van der Waals surface area contributed by atoms with Gasteiger partial charge in [0, 0.05) is 18.7 Å². The molecule has 0 bridgehead atoms. The lowest BCUT2D eigenvalue weighted by Crippen LogP contribution is -2.54. The number of nitrogens with zero attached hydrogens (tertiary/aromatic N) is 3. The minimum absolute atomic E-state index is 0.00990. The fourth-order valence-electron chi connectivity index (χ4n) is 2.84. The summed E-state index contributed by atoms with van der Waals surface area (Å²) in [6, 6.07) is 0. The quantitative estimate of drug-likeness (QED) is 0.560. The highest BCUT2D eigenvalue weighted by molar-refractivity contribution is 5.60. The largest absolute Gasteiger partial charge is 0.394 e. The summed E-state index contributed by atoms with van der Waals surface area (Å²) in [7, 11) is 0. The van der Waals surface area contributed by atoms with Crippen molar-refractivity contribution in [1.29, 1.82) is 0 Å². The Morgan fingerprint density at radius 2 is 2.24 bits per heavy atom. The number of nitrogen functional groups attached to an aromatic ring is 1. The molecule has 0 aliphatic carbocycles. The van der Waals surface area contributed by atoms with Gasteiger partial charge in [-0.15, -0.1) is 0 Å². The smallest absolute Gasteiger partial charge is 0.148 e. The van der Waals surface area contributed by atoms with Crippen molar-refractivity contribution in [2.24, 2.45) is 5.84 Å². The van der Waals surface area contributed by atoms with Crippen molar-refractivity contribution >= 4 is 11.6 Å². The topological polar surface area (TPSA) is 96.5 Å². The van der Waals surface area contributed by atoms with Crippen LogP contribution in [0.3, 0.4) is 0 Å². The molecule has 1 aliphatic heterocycles. The van der Waals surface area contributed by atoms with E-state index in [0.717, 1.165) is 11.4 Å². The molecule has 0 radical (unpaired) electrons. The summed E-state index contributed by atoms with van der Waals surface area (Å²) in [5.74, 6) is 7.29. The van der Waals surface area contributed by atoms with Crippen molar-refractivity contribution in [3.63, 3.8) is 0 Å². The van der Waals surface area contributed by atoms with Crippen LogP contribution in [0.2, 0.25) is 0 Å². The number of nitrogens with one attached hydrogen (secondary N) is 1. The highest BCUT2D eigenvalue weighted by atomic mass is 16.5. The molecule has 7 nitrogen and oxygen atoms in total. The highest BCUT2D eigenvalue weighted by Crippen LogP contribution is 2.33. The van der Waals surface area contributed by atoms with Gasteiger partial charge >= 0.3 is 0 Å². The summed E-state index contributed by atoms with van der Waals surface area (Å²) < 4.78 is 5.86. The van der Waals surface area contributed by atoms with Crippen molar-refractivity contribution in [3.05, 3.63) is 11.9 Å². The van der Waals surface area contributed by atoms with E-state index in [1.54, 1.807) is 0 Å². The van der Waals surface area contributed by atoms with Crippen LogP contribution in [-0.2, 0) is 4.74 Å². The van der Waals surface area contributed by atoms with Crippen LogP contribution in [0.5, 0.6) is 0 Å². The lowest BCUT2D eigenvalue weighted by molar-refractivity contribution is -0.101. The minimum atomic E-state index is -0.346. The van der Waals surface area contributed by atoms with Crippen LogP contribution in [0.15, 0.2) is 6.33 Å². The number of rotatable bonds is 4. The van der Waals surface area contributed by atoms with Crippen LogP contribution >= 0.6 is 0 Å². The third-order valence-electron chi connectivity index (χ3n) is 3.56. The number of anilines is 2. The van der Waals surface area contributed by atoms with E-state index in [4.69, 9.17) is 10.6 Å². The predicted molar refractivity (Wildman–Crippen MR) is 82.2 cm³/mol. The average molecular weight is 295 g/mol. The number of aliphatic hydroxyl groups is 1. The maximum absolute atomic E-state index is 9.45. The Kier molecular flexibility index (Phi) is 4.65. The molecule has 2 rings (SSSR count). The van der Waals surface area contributed by atoms with Gasteiger partial charge in [-0.05, 0) is 19.8 Å². The third-order valence-corrected chi connectivity index (χ3v) is 3.56. The first kappa shape index (κ1) is 15.9. The third kappa shape index (κ3) is 3.42. The molecule has 1 unspecified atom stereocenters. The zero-order chi connectivity index (χ0) is 15.6. The summed E-state index contributed by atoms with van der Waals surface area (Å²) >= 11 is 0. The molecule has 1 aliphatic rings. The summed E-state index contributed by atoms with van der Waals surface area (Å²) in [4.78, 5) is 10.8. The van der Waals surface area contributed by atoms with Crippen LogP contribution in [-0.4, -0.2) is 46.5 Å². The Labute approximate surface area is 125 Å². The monoisotopic (exact) mass is 295 g/mol. The van der Waals surface area contributed by atoms with Crippen LogP contribution in [0.25, 0.3) is 0 Å². The fourth-order valence-corrected chi connectivity index (χ4v) is 2.84. The Bertz CT molecular complexity index is 492. The van der Waals surface area contributed by atoms with Crippen LogP contribution in [0.4, 0.5) is 11.6 Å². The Balaban J connectivity index is 2.40. The van der Waals surface area contributed by atoms with Crippen molar-refractivity contribution in [2.45, 2.75) is 45.3 Å². The lowest BCUT2D eigenvalue weighted by atomic mass is 10.0. The van der Waals surface area contributed by atoms with E-state index in [0.29, 0.717) is 18.9 Å². The summed E-state index contributed by atoms with van der Waals surface area (Å²) in [5.41, 5.74) is 3.28. The minimum Gasteiger partial charge on any atom is -0.394 e. The van der Waals surface area contributed by atoms with E-state index >= 15 is 0 Å². The first-order chi connectivity index (χ1) is 9.88. The van der Waals surface area contributed by atoms with E-state index in [1.807, 2.05) is 13.8 Å². The summed E-state index contributed by atoms with van der Waals surface area (Å²) in [6.07, 6.45) is 1.28. The zero-order valence-electron chi connectivity index (χ0n) is 13.1. The highest BCUT2D eigenvalue weighted by Gasteiger charge is 2.35. The Morgan fingerprint density at radius 1 is 1.52 bits per heavy atom. The molecule has 1 aromatic heterocycles. The van der Waals surface area contributed by atoms with E-state index < -0.39 is 0 Å². The number of hydrazine groups is 1. The van der Waals surface area contributed by atoms with Crippen molar-refractivity contribution in [3.8, 4) is 0 Å². The van der Waals surface area contributed by atoms with E-state index in [-0.39, 0.29) is 24.2 Å². The SMILES string of the molecule is CC(C)c1c(NN)ncnc1N1CC(CO)OC(C)(C)C1. The molecular formula is C14H25N5O2. The Hall–Kier alpha value is -1.44. The first-order valence-electron chi connectivity index (χ1n) is 7.23. The molecule has 1 fully saturated rings. The van der Waals surface area contributed by atoms with Gasteiger partial charge in [0.1, 0.15) is 18.0 Å². The summed E-state index contributed by atoms with van der Waals surface area (Å²) in [6.45, 7) is 9.48. The second-order valence-electron chi connectivity index (χ2n) is 6.32. The molecule has 4 N–H and O–H groups in total. The van der Waals surface area contributed by atoms with E-state index in [1.165, 1.54) is 6.33 Å². The molecule has 7 heteroatoms. The first-order valence-corrected chi connectivity index (χ1v) is 7.23. The van der Waals surface area contributed by atoms with Gasteiger partial charge in [0.05, 0.1) is 18.3 Å². The second kappa shape index (κ2) is 6.13. The molecule has 2 heterocycles. The molecule has 0 amide bonds. The lowest BCUT2D eigenvalue weighted by Gasteiger charge is -2.43. The maximum atomic E-state index is 9.45. The molecule has 21 heavy (non-hydrogen) atoms. The number of aliphatic hydroxyl groups excluding tert-OH is 1. The normalized spacial score (nSPS) is 21.7. The molecular weight excluding hydrogens is 270 g/mol. The van der Waals surface area contributed by atoms with E-state index in [9.17, 15) is 5.11 Å². The second-order valence-corrected chi connectivity index (χ2v) is 6.32. The van der Waals surface area contributed by atoms with Gasteiger partial charge in [-0.2, -0.15) is 0 Å². The van der Waals surface area contributed by atoms with Crippen LogP contribution in [0.1, 0.15) is 39.2 Å². The molecule has 118 valence electrons. The average Bonchev–Trinajstić information content (AvgIpc) is 2.44. The molecule has 0 spiro atoms. The van der Waals surface area contributed by atoms with Gasteiger partial charge in [0.25, 0.3) is 0 Å². The van der Waals surface area contributed by atoms with Crippen LogP contribution < -0.4 is 16.2 Å². The standard InChI is InChI=1S/C14H25N5O2/c1-9(2)11-12(18-15)16-8-17-13(11)19-5-10(6-20)21-14(3,4)7-19/h8-10,20H,5-7,15H2,1-4H3,(H,16,17,18). The number of hydrogen-bond acceptors (Lipinski definition) is 7. The number of hydrogen-bond donors (Lipinski definition) is 3. The maximum Gasteiger partial charge on any atom is 0.148 e. The van der Waals surface area contributed by atoms with E-state index in [2.05, 4.69) is 34.1 Å². The van der Waals surface area contributed by atoms with Crippen molar-refractivity contribution < 1.29 is 9.84 Å². The van der Waals surface area contributed by atoms with Crippen LogP contribution in [0, 0.1) is 0 Å². The predicted octanol–water partition coefficient (Wildman–Crippen LogP) is 0.862. The van der Waals surface area contributed by atoms with Gasteiger partial charge in [0.2, 0.25) is 0 Å². The van der Waals surface area contributed by atoms with Crippen molar-refractivity contribution in [2.75, 3.05) is 30.0 Å². The number of aromatic nitrogens is 2. The molecule has 1 aromatic rings. The van der Waals surface area contributed by atoms with Gasteiger partial charge in [-0.25, -0.2) is 15.8 Å². The fraction of sp³-hybridized carbons (Fsp3) is 0.714. The van der Waals surface area contributed by atoms with Gasteiger partial charge < -0.3 is 20.2 Å². The summed E-state index contributed by atoms with van der Waals surface area (Å²) in [5, 5.41) is 9.45. The molecule has 1 atom stereocenters. The Morgan fingerprint density at radius 3 is 2.81 bits per heavy atom. The number of ether oxygens (including phenoxy) is 1. The number of morpholine rings is 1.